The Kier molecular flexibility index (Phi) is 7.50. The molecule has 0 spiro atoms. The third kappa shape index (κ3) is 6.70. The van der Waals surface area contributed by atoms with Gasteiger partial charge in [0.15, 0.2) is 14.6 Å². The average Bonchev–Trinajstić information content (AvgIpc) is 2.23. The molecule has 0 aliphatic heterocycles. The van der Waals surface area contributed by atoms with Crippen LogP contribution in [-0.2, 0) is 18.6 Å². The molecule has 0 aromatic heterocycles. The predicted molar refractivity (Wildman–Crippen MR) is 71.2 cm³/mol. The van der Waals surface area contributed by atoms with Crippen molar-refractivity contribution < 1.29 is 18.6 Å². The summed E-state index contributed by atoms with van der Waals surface area (Å²) in [4.78, 5) is 0. The summed E-state index contributed by atoms with van der Waals surface area (Å²) >= 11 is 0. The summed E-state index contributed by atoms with van der Waals surface area (Å²) in [6, 6.07) is 0. The Hall–Kier alpha value is -0.523. The first-order valence-electron chi connectivity index (χ1n) is 6.02. The molecule has 0 radical (unpaired) electrons. The van der Waals surface area contributed by atoms with E-state index in [0.29, 0.717) is 19.2 Å². The minimum absolute atomic E-state index is 0.394. The van der Waals surface area contributed by atoms with Crippen LogP contribution in [0.2, 0.25) is 19.6 Å². The molecule has 102 valence electrons. The van der Waals surface area contributed by atoms with Gasteiger partial charge in [0.1, 0.15) is 0 Å². The summed E-state index contributed by atoms with van der Waals surface area (Å²) in [5.41, 5.74) is 0.846. The first-order valence-corrected chi connectivity index (χ1v) is 9.43. The van der Waals surface area contributed by atoms with Crippen LogP contribution >= 0.6 is 0 Å². The van der Waals surface area contributed by atoms with Crippen molar-refractivity contribution in [2.45, 2.75) is 46.7 Å². The number of ether oxygens (including phenoxy) is 3. The second-order valence-corrected chi connectivity index (χ2v) is 9.09. The van der Waals surface area contributed by atoms with Crippen molar-refractivity contribution in [2.24, 2.45) is 0 Å². The van der Waals surface area contributed by atoms with Gasteiger partial charge < -0.3 is 18.6 Å². The maximum Gasteiger partial charge on any atom is 0.283 e. The zero-order valence-corrected chi connectivity index (χ0v) is 13.1. The fraction of sp³-hybridized carbons (Fsp3) is 0.833. The molecule has 0 amide bonds. The van der Waals surface area contributed by atoms with E-state index in [2.05, 4.69) is 19.6 Å². The molecule has 0 rings (SSSR count). The van der Waals surface area contributed by atoms with Gasteiger partial charge in [-0.25, -0.2) is 0 Å². The zero-order chi connectivity index (χ0) is 13.5. The fourth-order valence-corrected chi connectivity index (χ4v) is 2.18. The van der Waals surface area contributed by atoms with E-state index in [9.17, 15) is 0 Å². The van der Waals surface area contributed by atoms with Gasteiger partial charge in [-0.05, 0) is 40.4 Å². The van der Waals surface area contributed by atoms with Gasteiger partial charge in [-0.15, -0.1) is 0 Å². The molecule has 17 heavy (non-hydrogen) atoms. The summed E-state index contributed by atoms with van der Waals surface area (Å²) in [7, 11) is -0.0373. The Morgan fingerprint density at radius 1 is 1.06 bits per heavy atom. The van der Waals surface area contributed by atoms with Crippen molar-refractivity contribution in [1.82, 2.24) is 0 Å². The van der Waals surface area contributed by atoms with Crippen LogP contribution < -0.4 is 0 Å². The molecule has 0 aromatic carbocycles. The summed E-state index contributed by atoms with van der Waals surface area (Å²) < 4.78 is 22.2. The Morgan fingerprint density at radius 3 is 1.82 bits per heavy atom. The van der Waals surface area contributed by atoms with Gasteiger partial charge in [-0.2, -0.15) is 0 Å². The van der Waals surface area contributed by atoms with Crippen LogP contribution in [0.15, 0.2) is 11.5 Å². The van der Waals surface area contributed by atoms with Crippen molar-refractivity contribution >= 4 is 8.32 Å². The lowest BCUT2D eigenvalue weighted by atomic mass is 10.3. The molecular weight excluding hydrogens is 236 g/mol. The highest BCUT2D eigenvalue weighted by molar-refractivity contribution is 6.69. The van der Waals surface area contributed by atoms with E-state index in [0.717, 1.165) is 5.57 Å². The van der Waals surface area contributed by atoms with Gasteiger partial charge in [0, 0.05) is 7.11 Å². The van der Waals surface area contributed by atoms with Gasteiger partial charge in [0.05, 0.1) is 18.8 Å². The average molecular weight is 262 g/mol. The zero-order valence-electron chi connectivity index (χ0n) is 12.1. The number of methoxy groups -OCH3 is 1. The maximum atomic E-state index is 5.92. The van der Waals surface area contributed by atoms with Crippen LogP contribution in [0.4, 0.5) is 0 Å². The fourth-order valence-electron chi connectivity index (χ4n) is 1.26. The second kappa shape index (κ2) is 7.74. The van der Waals surface area contributed by atoms with E-state index in [4.69, 9.17) is 18.6 Å². The molecule has 0 saturated heterocycles. The second-order valence-electron chi connectivity index (χ2n) is 4.63. The van der Waals surface area contributed by atoms with Gasteiger partial charge in [0.25, 0.3) is 5.95 Å². The smallest absolute Gasteiger partial charge is 0.283 e. The summed E-state index contributed by atoms with van der Waals surface area (Å²) in [5.74, 6) is 0.514. The largest absolute Gasteiger partial charge is 0.466 e. The quantitative estimate of drug-likeness (QED) is 0.382. The Balaban J connectivity index is 4.87. The molecule has 0 bridgehead atoms. The Morgan fingerprint density at radius 2 is 1.53 bits per heavy atom. The third-order valence-corrected chi connectivity index (χ3v) is 2.82. The van der Waals surface area contributed by atoms with Crippen LogP contribution in [0.25, 0.3) is 0 Å². The van der Waals surface area contributed by atoms with Crippen LogP contribution in [0.3, 0.4) is 0 Å². The Bertz CT molecular complexity index is 237. The lowest BCUT2D eigenvalue weighted by molar-refractivity contribution is -0.0452. The molecule has 0 N–H and O–H groups in total. The molecule has 1 atom stereocenters. The van der Waals surface area contributed by atoms with Gasteiger partial charge >= 0.3 is 0 Å². The van der Waals surface area contributed by atoms with Crippen LogP contribution in [0, 0.1) is 0 Å². The molecule has 0 heterocycles. The van der Waals surface area contributed by atoms with Gasteiger partial charge in [0.2, 0.25) is 0 Å². The SMILES string of the molecule is CCOC(OCC)=C(C)C(OC)O[Si](C)(C)C. The van der Waals surface area contributed by atoms with Crippen LogP contribution in [0.5, 0.6) is 0 Å². The molecule has 0 fully saturated rings. The van der Waals surface area contributed by atoms with Crippen molar-refractivity contribution in [2.75, 3.05) is 20.3 Å². The lowest BCUT2D eigenvalue weighted by Crippen LogP contribution is -2.34. The van der Waals surface area contributed by atoms with Crippen molar-refractivity contribution in [1.29, 1.82) is 0 Å². The summed E-state index contributed by atoms with van der Waals surface area (Å²) in [6.07, 6.45) is -0.394. The topological polar surface area (TPSA) is 36.9 Å². The maximum absolute atomic E-state index is 5.92. The summed E-state index contributed by atoms with van der Waals surface area (Å²) in [6.45, 7) is 13.2. The normalized spacial score (nSPS) is 13.1. The van der Waals surface area contributed by atoms with Crippen molar-refractivity contribution in [3.63, 3.8) is 0 Å². The van der Waals surface area contributed by atoms with E-state index in [-0.39, 0.29) is 0 Å². The molecule has 1 unspecified atom stereocenters. The standard InChI is InChI=1S/C12H26O4Si/c1-8-14-12(15-9-2)10(3)11(13-4)16-17(5,6)7/h11H,8-9H2,1-7H3. The number of hydrogen-bond donors (Lipinski definition) is 0. The van der Waals surface area contributed by atoms with E-state index in [1.165, 1.54) is 0 Å². The van der Waals surface area contributed by atoms with E-state index >= 15 is 0 Å². The first-order chi connectivity index (χ1) is 7.85. The third-order valence-electron chi connectivity index (χ3n) is 1.90. The minimum Gasteiger partial charge on any atom is -0.466 e. The monoisotopic (exact) mass is 262 g/mol. The molecule has 5 heteroatoms. The van der Waals surface area contributed by atoms with Crippen LogP contribution in [-0.4, -0.2) is 34.9 Å². The Labute approximate surface area is 106 Å². The highest BCUT2D eigenvalue weighted by Crippen LogP contribution is 2.19. The van der Waals surface area contributed by atoms with Crippen LogP contribution in [0.1, 0.15) is 20.8 Å². The molecule has 4 nitrogen and oxygen atoms in total. The molecule has 0 saturated carbocycles. The number of rotatable bonds is 8. The number of hydrogen-bond acceptors (Lipinski definition) is 4. The van der Waals surface area contributed by atoms with Crippen molar-refractivity contribution in [3.8, 4) is 0 Å². The molecule has 0 aliphatic carbocycles. The highest BCUT2D eigenvalue weighted by atomic mass is 28.4. The van der Waals surface area contributed by atoms with E-state index in [1.807, 2.05) is 20.8 Å². The molecule has 0 aliphatic rings. The van der Waals surface area contributed by atoms with Gasteiger partial charge in [-0.3, -0.25) is 0 Å². The first kappa shape index (κ1) is 16.5. The van der Waals surface area contributed by atoms with Crippen molar-refractivity contribution in [3.05, 3.63) is 11.5 Å². The molecule has 0 aromatic rings. The minimum atomic E-state index is -1.67. The summed E-state index contributed by atoms with van der Waals surface area (Å²) in [5, 5.41) is 0. The lowest BCUT2D eigenvalue weighted by Gasteiger charge is -2.26. The van der Waals surface area contributed by atoms with Gasteiger partial charge in [-0.1, -0.05) is 0 Å². The predicted octanol–water partition coefficient (Wildman–Crippen LogP) is 3.11. The highest BCUT2D eigenvalue weighted by Gasteiger charge is 2.25. The van der Waals surface area contributed by atoms with E-state index < -0.39 is 14.6 Å². The van der Waals surface area contributed by atoms with E-state index in [1.54, 1.807) is 7.11 Å². The molecular formula is C12H26O4Si.